The molecule has 1 aliphatic heterocycles. The molecule has 1 aromatic heterocycles. The van der Waals surface area contributed by atoms with Crippen LogP contribution in [0, 0.1) is 0 Å². The average Bonchev–Trinajstić information content (AvgIpc) is 2.55. The Morgan fingerprint density at radius 1 is 1.09 bits per heavy atom. The number of benzene rings is 1. The highest BCUT2D eigenvalue weighted by Gasteiger charge is 2.16. The Kier molecular flexibility index (Phi) is 4.27. The van der Waals surface area contributed by atoms with Crippen molar-refractivity contribution in [2.75, 3.05) is 19.3 Å². The van der Waals surface area contributed by atoms with Crippen LogP contribution in [-0.4, -0.2) is 32.7 Å². The van der Waals surface area contributed by atoms with Gasteiger partial charge in [-0.1, -0.05) is 12.1 Å². The maximum absolute atomic E-state index is 11.5. The first-order chi connectivity index (χ1) is 10.5. The average molecular weight is 316 g/mol. The zero-order valence-corrected chi connectivity index (χ0v) is 13.4. The third kappa shape index (κ3) is 3.36. The molecule has 1 N–H and O–H groups in total. The van der Waals surface area contributed by atoms with Crippen LogP contribution in [0.15, 0.2) is 47.5 Å². The van der Waals surface area contributed by atoms with Crippen LogP contribution in [0.1, 0.15) is 24.3 Å². The minimum atomic E-state index is -3.15. The number of nitrogens with one attached hydrogen (secondary N) is 1. The lowest BCUT2D eigenvalue weighted by atomic mass is 9.90. The molecule has 0 amide bonds. The van der Waals surface area contributed by atoms with Gasteiger partial charge in [-0.3, -0.25) is 4.98 Å². The van der Waals surface area contributed by atoms with Crippen molar-refractivity contribution in [3.05, 3.63) is 48.2 Å². The number of aromatic nitrogens is 1. The summed E-state index contributed by atoms with van der Waals surface area (Å²) < 4.78 is 23.0. The van der Waals surface area contributed by atoms with Crippen LogP contribution in [0.3, 0.4) is 0 Å². The van der Waals surface area contributed by atoms with Crippen LogP contribution in [0.25, 0.3) is 11.3 Å². The predicted octanol–water partition coefficient (Wildman–Crippen LogP) is 2.62. The first-order valence-corrected chi connectivity index (χ1v) is 9.40. The normalized spacial score (nSPS) is 16.6. The van der Waals surface area contributed by atoms with E-state index in [0.717, 1.165) is 37.2 Å². The van der Waals surface area contributed by atoms with Gasteiger partial charge in [-0.25, -0.2) is 8.42 Å². The fourth-order valence-corrected chi connectivity index (χ4v) is 3.52. The molecule has 116 valence electrons. The summed E-state index contributed by atoms with van der Waals surface area (Å²) >= 11 is 0. The molecular formula is C17H20N2O2S. The van der Waals surface area contributed by atoms with Gasteiger partial charge >= 0.3 is 0 Å². The number of hydrogen-bond acceptors (Lipinski definition) is 4. The van der Waals surface area contributed by atoms with E-state index in [9.17, 15) is 8.42 Å². The molecule has 0 aliphatic carbocycles. The van der Waals surface area contributed by atoms with Gasteiger partial charge in [0.15, 0.2) is 9.84 Å². The fraction of sp³-hybridized carbons (Fsp3) is 0.353. The number of piperidine rings is 1. The van der Waals surface area contributed by atoms with E-state index in [1.807, 2.05) is 18.3 Å². The summed E-state index contributed by atoms with van der Waals surface area (Å²) in [5, 5.41) is 3.38. The van der Waals surface area contributed by atoms with Gasteiger partial charge in [0, 0.05) is 18.0 Å². The summed E-state index contributed by atoms with van der Waals surface area (Å²) in [6, 6.07) is 11.2. The van der Waals surface area contributed by atoms with Crippen LogP contribution in [0.5, 0.6) is 0 Å². The monoisotopic (exact) mass is 316 g/mol. The van der Waals surface area contributed by atoms with E-state index in [1.54, 1.807) is 12.1 Å². The number of nitrogens with zero attached hydrogens (tertiary/aromatic N) is 1. The van der Waals surface area contributed by atoms with E-state index < -0.39 is 9.84 Å². The summed E-state index contributed by atoms with van der Waals surface area (Å²) in [5.41, 5.74) is 3.16. The Bertz CT molecular complexity index is 748. The molecular weight excluding hydrogens is 296 g/mol. The van der Waals surface area contributed by atoms with Gasteiger partial charge in [0.05, 0.1) is 10.6 Å². The molecule has 5 heteroatoms. The van der Waals surface area contributed by atoms with Gasteiger partial charge in [0.25, 0.3) is 0 Å². The highest BCUT2D eigenvalue weighted by molar-refractivity contribution is 7.90. The molecule has 2 aromatic rings. The van der Waals surface area contributed by atoms with Gasteiger partial charge < -0.3 is 5.32 Å². The fourth-order valence-electron chi connectivity index (χ4n) is 2.89. The van der Waals surface area contributed by atoms with Crippen molar-refractivity contribution in [3.8, 4) is 11.3 Å². The van der Waals surface area contributed by atoms with E-state index >= 15 is 0 Å². The van der Waals surface area contributed by atoms with E-state index in [0.29, 0.717) is 10.8 Å². The number of sulfone groups is 1. The lowest BCUT2D eigenvalue weighted by Gasteiger charge is -2.23. The predicted molar refractivity (Wildman–Crippen MR) is 87.6 cm³/mol. The maximum Gasteiger partial charge on any atom is 0.175 e. The molecule has 2 heterocycles. The zero-order chi connectivity index (χ0) is 15.6. The lowest BCUT2D eigenvalue weighted by molar-refractivity contribution is 0.460. The first-order valence-electron chi connectivity index (χ1n) is 7.51. The first kappa shape index (κ1) is 15.2. The third-order valence-corrected chi connectivity index (χ3v) is 5.30. The quantitative estimate of drug-likeness (QED) is 0.945. The molecule has 3 rings (SSSR count). The van der Waals surface area contributed by atoms with Gasteiger partial charge in [-0.05, 0) is 61.7 Å². The molecule has 1 fully saturated rings. The van der Waals surface area contributed by atoms with Crippen LogP contribution in [0.4, 0.5) is 0 Å². The van der Waals surface area contributed by atoms with Crippen molar-refractivity contribution < 1.29 is 8.42 Å². The second kappa shape index (κ2) is 6.18. The van der Waals surface area contributed by atoms with Crippen molar-refractivity contribution in [3.63, 3.8) is 0 Å². The summed E-state index contributed by atoms with van der Waals surface area (Å²) in [6.07, 6.45) is 5.36. The standard InChI is InChI=1S/C17H20N2O2S/c1-22(20,21)16-4-2-14(3-5-16)17-12-15(8-11-19-17)13-6-9-18-10-7-13/h2-5,8,11-13,18H,6-7,9-10H2,1H3. The van der Waals surface area contributed by atoms with Crippen LogP contribution in [0.2, 0.25) is 0 Å². The smallest absolute Gasteiger partial charge is 0.175 e. The van der Waals surface area contributed by atoms with E-state index in [2.05, 4.69) is 22.4 Å². The topological polar surface area (TPSA) is 59.1 Å². The van der Waals surface area contributed by atoms with E-state index in [1.165, 1.54) is 11.8 Å². The van der Waals surface area contributed by atoms with Crippen molar-refractivity contribution in [2.24, 2.45) is 0 Å². The van der Waals surface area contributed by atoms with Crippen molar-refractivity contribution in [1.82, 2.24) is 10.3 Å². The molecule has 0 unspecified atom stereocenters. The van der Waals surface area contributed by atoms with Crippen LogP contribution < -0.4 is 5.32 Å². The summed E-state index contributed by atoms with van der Waals surface area (Å²) in [5.74, 6) is 0.582. The molecule has 0 saturated carbocycles. The zero-order valence-electron chi connectivity index (χ0n) is 12.6. The van der Waals surface area contributed by atoms with E-state index in [4.69, 9.17) is 0 Å². The number of pyridine rings is 1. The summed E-state index contributed by atoms with van der Waals surface area (Å²) in [7, 11) is -3.15. The highest BCUT2D eigenvalue weighted by Crippen LogP contribution is 2.28. The maximum atomic E-state index is 11.5. The Balaban J connectivity index is 1.88. The minimum Gasteiger partial charge on any atom is -0.317 e. The van der Waals surface area contributed by atoms with Crippen LogP contribution in [-0.2, 0) is 9.84 Å². The second-order valence-corrected chi connectivity index (χ2v) is 7.81. The molecule has 1 saturated heterocycles. The van der Waals surface area contributed by atoms with Gasteiger partial charge in [0.1, 0.15) is 0 Å². The van der Waals surface area contributed by atoms with Gasteiger partial charge in [0.2, 0.25) is 0 Å². The van der Waals surface area contributed by atoms with Crippen molar-refractivity contribution in [1.29, 1.82) is 0 Å². The molecule has 0 atom stereocenters. The third-order valence-electron chi connectivity index (χ3n) is 4.17. The SMILES string of the molecule is CS(=O)(=O)c1ccc(-c2cc(C3CCNCC3)ccn2)cc1. The minimum absolute atomic E-state index is 0.339. The Morgan fingerprint density at radius 3 is 2.41 bits per heavy atom. The molecule has 0 bridgehead atoms. The Hall–Kier alpha value is -1.72. The van der Waals surface area contributed by atoms with Gasteiger partial charge in [-0.2, -0.15) is 0 Å². The summed E-state index contributed by atoms with van der Waals surface area (Å²) in [4.78, 5) is 4.77. The Morgan fingerprint density at radius 2 is 1.77 bits per heavy atom. The van der Waals surface area contributed by atoms with E-state index in [-0.39, 0.29) is 0 Å². The molecule has 0 spiro atoms. The lowest BCUT2D eigenvalue weighted by Crippen LogP contribution is -2.26. The highest BCUT2D eigenvalue weighted by atomic mass is 32.2. The molecule has 0 radical (unpaired) electrons. The second-order valence-electron chi connectivity index (χ2n) is 5.80. The molecule has 22 heavy (non-hydrogen) atoms. The number of rotatable bonds is 3. The number of hydrogen-bond donors (Lipinski definition) is 1. The summed E-state index contributed by atoms with van der Waals surface area (Å²) in [6.45, 7) is 2.12. The molecule has 4 nitrogen and oxygen atoms in total. The van der Waals surface area contributed by atoms with Crippen molar-refractivity contribution in [2.45, 2.75) is 23.7 Å². The van der Waals surface area contributed by atoms with Gasteiger partial charge in [-0.15, -0.1) is 0 Å². The molecule has 1 aromatic carbocycles. The largest absolute Gasteiger partial charge is 0.317 e. The van der Waals surface area contributed by atoms with Crippen molar-refractivity contribution >= 4 is 9.84 Å². The van der Waals surface area contributed by atoms with Crippen LogP contribution >= 0.6 is 0 Å². The Labute approximate surface area is 131 Å². The molecule has 1 aliphatic rings.